The van der Waals surface area contributed by atoms with Crippen molar-refractivity contribution in [2.24, 2.45) is 5.92 Å². The molecule has 1 heterocycles. The lowest BCUT2D eigenvalue weighted by molar-refractivity contribution is -0.122. The van der Waals surface area contributed by atoms with Crippen molar-refractivity contribution in [3.05, 3.63) is 0 Å². The van der Waals surface area contributed by atoms with Crippen LogP contribution in [0.25, 0.3) is 0 Å². The Hall–Kier alpha value is -0.570. The molecule has 17 heavy (non-hydrogen) atoms. The summed E-state index contributed by atoms with van der Waals surface area (Å²) in [6, 6.07) is 0.456. The van der Waals surface area contributed by atoms with Crippen molar-refractivity contribution in [3.63, 3.8) is 0 Å². The minimum Gasteiger partial charge on any atom is -0.353 e. The van der Waals surface area contributed by atoms with Gasteiger partial charge in [-0.05, 0) is 57.5 Å². The van der Waals surface area contributed by atoms with Gasteiger partial charge in [0.1, 0.15) is 0 Å². The number of hydrogen-bond acceptors (Lipinski definition) is 2. The van der Waals surface area contributed by atoms with E-state index in [0.29, 0.717) is 12.5 Å². The SMILES string of the molecule is C[C@H]1CC[C@H](NC(=O)CCN2CCCC2)CC1. The Bertz CT molecular complexity index is 241. The molecule has 1 saturated carbocycles. The molecule has 0 aromatic carbocycles. The summed E-state index contributed by atoms with van der Waals surface area (Å²) in [5, 5.41) is 3.20. The predicted octanol–water partition coefficient (Wildman–Crippen LogP) is 2.17. The van der Waals surface area contributed by atoms with Gasteiger partial charge in [-0.1, -0.05) is 6.92 Å². The number of amides is 1. The molecule has 3 heteroatoms. The van der Waals surface area contributed by atoms with Crippen LogP contribution in [0.4, 0.5) is 0 Å². The van der Waals surface area contributed by atoms with Gasteiger partial charge in [-0.2, -0.15) is 0 Å². The summed E-state index contributed by atoms with van der Waals surface area (Å²) in [4.78, 5) is 14.2. The third-order valence-corrected chi connectivity index (χ3v) is 4.23. The number of nitrogens with zero attached hydrogens (tertiary/aromatic N) is 1. The number of hydrogen-bond donors (Lipinski definition) is 1. The number of likely N-dealkylation sites (tertiary alicyclic amines) is 1. The summed E-state index contributed by atoms with van der Waals surface area (Å²) in [7, 11) is 0. The van der Waals surface area contributed by atoms with E-state index in [2.05, 4.69) is 17.1 Å². The van der Waals surface area contributed by atoms with Gasteiger partial charge in [0.2, 0.25) is 5.91 Å². The molecule has 0 bridgehead atoms. The molecule has 2 rings (SSSR count). The monoisotopic (exact) mass is 238 g/mol. The normalized spacial score (nSPS) is 30.4. The molecule has 2 fully saturated rings. The molecule has 0 unspecified atom stereocenters. The lowest BCUT2D eigenvalue weighted by Crippen LogP contribution is -2.38. The molecular weight excluding hydrogens is 212 g/mol. The molecule has 1 aliphatic heterocycles. The van der Waals surface area contributed by atoms with Crippen molar-refractivity contribution in [1.29, 1.82) is 0 Å². The molecule has 1 saturated heterocycles. The quantitative estimate of drug-likeness (QED) is 0.814. The molecule has 0 spiro atoms. The van der Waals surface area contributed by atoms with Gasteiger partial charge in [0.25, 0.3) is 0 Å². The number of carbonyl (C=O) groups excluding carboxylic acids is 1. The molecular formula is C14H26N2O. The second-order valence-electron chi connectivity index (χ2n) is 5.82. The molecule has 1 amide bonds. The first-order valence-corrected chi connectivity index (χ1v) is 7.26. The van der Waals surface area contributed by atoms with Gasteiger partial charge < -0.3 is 10.2 Å². The molecule has 1 aliphatic carbocycles. The van der Waals surface area contributed by atoms with Crippen molar-refractivity contribution in [3.8, 4) is 0 Å². The van der Waals surface area contributed by atoms with E-state index >= 15 is 0 Å². The predicted molar refractivity (Wildman–Crippen MR) is 69.9 cm³/mol. The third kappa shape index (κ3) is 4.30. The Morgan fingerprint density at radius 3 is 2.47 bits per heavy atom. The minimum atomic E-state index is 0.261. The highest BCUT2D eigenvalue weighted by Crippen LogP contribution is 2.23. The fourth-order valence-electron chi connectivity index (χ4n) is 2.97. The van der Waals surface area contributed by atoms with Crippen LogP contribution in [0, 0.1) is 5.92 Å². The fraction of sp³-hybridized carbons (Fsp3) is 0.929. The van der Waals surface area contributed by atoms with E-state index in [1.165, 1.54) is 51.6 Å². The Morgan fingerprint density at radius 2 is 1.82 bits per heavy atom. The van der Waals surface area contributed by atoms with Crippen LogP contribution in [0.5, 0.6) is 0 Å². The molecule has 0 aromatic rings. The highest BCUT2D eigenvalue weighted by atomic mass is 16.1. The van der Waals surface area contributed by atoms with E-state index < -0.39 is 0 Å². The molecule has 0 radical (unpaired) electrons. The second-order valence-corrected chi connectivity index (χ2v) is 5.82. The van der Waals surface area contributed by atoms with Gasteiger partial charge in [-0.15, -0.1) is 0 Å². The largest absolute Gasteiger partial charge is 0.353 e. The molecule has 98 valence electrons. The first-order valence-electron chi connectivity index (χ1n) is 7.26. The number of rotatable bonds is 4. The zero-order chi connectivity index (χ0) is 12.1. The van der Waals surface area contributed by atoms with E-state index in [9.17, 15) is 4.79 Å². The summed E-state index contributed by atoms with van der Waals surface area (Å²) in [6.45, 7) is 5.64. The van der Waals surface area contributed by atoms with Gasteiger partial charge in [-0.25, -0.2) is 0 Å². The van der Waals surface area contributed by atoms with Gasteiger partial charge in [0.05, 0.1) is 0 Å². The van der Waals surface area contributed by atoms with E-state index in [-0.39, 0.29) is 5.91 Å². The van der Waals surface area contributed by atoms with Crippen molar-refractivity contribution >= 4 is 5.91 Å². The number of carbonyl (C=O) groups is 1. The second kappa shape index (κ2) is 6.39. The molecule has 0 atom stereocenters. The third-order valence-electron chi connectivity index (χ3n) is 4.23. The van der Waals surface area contributed by atoms with E-state index in [1.54, 1.807) is 0 Å². The van der Waals surface area contributed by atoms with Crippen LogP contribution in [-0.2, 0) is 4.79 Å². The highest BCUT2D eigenvalue weighted by Gasteiger charge is 2.20. The van der Waals surface area contributed by atoms with E-state index in [4.69, 9.17) is 0 Å². The summed E-state index contributed by atoms with van der Waals surface area (Å²) < 4.78 is 0. The standard InChI is InChI=1S/C14H26N2O/c1-12-4-6-13(7-5-12)15-14(17)8-11-16-9-2-3-10-16/h12-13H,2-11H2,1H3,(H,15,17)/t12-,13-. The van der Waals surface area contributed by atoms with Gasteiger partial charge >= 0.3 is 0 Å². The van der Waals surface area contributed by atoms with E-state index in [0.717, 1.165) is 12.5 Å². The molecule has 2 aliphatic rings. The van der Waals surface area contributed by atoms with Crippen LogP contribution in [-0.4, -0.2) is 36.5 Å². The van der Waals surface area contributed by atoms with Gasteiger partial charge in [-0.3, -0.25) is 4.79 Å². The van der Waals surface area contributed by atoms with E-state index in [1.807, 2.05) is 0 Å². The fourth-order valence-corrected chi connectivity index (χ4v) is 2.97. The smallest absolute Gasteiger partial charge is 0.221 e. The maximum absolute atomic E-state index is 11.8. The van der Waals surface area contributed by atoms with Crippen LogP contribution >= 0.6 is 0 Å². The lowest BCUT2D eigenvalue weighted by Gasteiger charge is -2.27. The van der Waals surface area contributed by atoms with Crippen LogP contribution in [0.1, 0.15) is 51.9 Å². The topological polar surface area (TPSA) is 32.3 Å². The average Bonchev–Trinajstić information content (AvgIpc) is 2.83. The first-order chi connectivity index (χ1) is 8.24. The van der Waals surface area contributed by atoms with Crippen LogP contribution in [0.3, 0.4) is 0 Å². The average molecular weight is 238 g/mol. The maximum atomic E-state index is 11.8. The zero-order valence-corrected chi connectivity index (χ0v) is 11.1. The van der Waals surface area contributed by atoms with Crippen molar-refractivity contribution < 1.29 is 4.79 Å². The lowest BCUT2D eigenvalue weighted by atomic mass is 9.87. The Kier molecular flexibility index (Phi) is 4.84. The van der Waals surface area contributed by atoms with Gasteiger partial charge in [0.15, 0.2) is 0 Å². The summed E-state index contributed by atoms with van der Waals surface area (Å²) >= 11 is 0. The van der Waals surface area contributed by atoms with Crippen LogP contribution in [0.15, 0.2) is 0 Å². The Labute approximate surface area is 105 Å². The molecule has 0 aromatic heterocycles. The van der Waals surface area contributed by atoms with Crippen molar-refractivity contribution in [1.82, 2.24) is 10.2 Å². The zero-order valence-electron chi connectivity index (χ0n) is 11.1. The van der Waals surface area contributed by atoms with Crippen LogP contribution in [0.2, 0.25) is 0 Å². The first kappa shape index (κ1) is 12.9. The highest BCUT2D eigenvalue weighted by molar-refractivity contribution is 5.76. The minimum absolute atomic E-state index is 0.261. The maximum Gasteiger partial charge on any atom is 0.221 e. The van der Waals surface area contributed by atoms with Crippen LogP contribution < -0.4 is 5.32 Å². The van der Waals surface area contributed by atoms with Gasteiger partial charge in [0, 0.05) is 19.0 Å². The Morgan fingerprint density at radius 1 is 1.18 bits per heavy atom. The Balaban J connectivity index is 1.60. The molecule has 1 N–H and O–H groups in total. The summed E-state index contributed by atoms with van der Waals surface area (Å²) in [6.07, 6.45) is 8.21. The molecule has 3 nitrogen and oxygen atoms in total. The summed E-state index contributed by atoms with van der Waals surface area (Å²) in [5.74, 6) is 1.12. The summed E-state index contributed by atoms with van der Waals surface area (Å²) in [5.41, 5.74) is 0. The van der Waals surface area contributed by atoms with Crippen molar-refractivity contribution in [2.45, 2.75) is 57.9 Å². The number of nitrogens with one attached hydrogen (secondary N) is 1. The van der Waals surface area contributed by atoms with Crippen molar-refractivity contribution in [2.75, 3.05) is 19.6 Å².